The fourth-order valence-corrected chi connectivity index (χ4v) is 2.38. The summed E-state index contributed by atoms with van der Waals surface area (Å²) in [7, 11) is 0. The lowest BCUT2D eigenvalue weighted by atomic mass is 10.3. The Morgan fingerprint density at radius 2 is 2.21 bits per heavy atom. The van der Waals surface area contributed by atoms with Crippen molar-refractivity contribution >= 4 is 38.6 Å². The van der Waals surface area contributed by atoms with E-state index < -0.39 is 0 Å². The average molecular weight is 275 g/mol. The van der Waals surface area contributed by atoms with Gasteiger partial charge in [-0.05, 0) is 29.8 Å². The van der Waals surface area contributed by atoms with Crippen LogP contribution in [0.4, 0.5) is 0 Å². The number of rotatable bonds is 1. The quantitative estimate of drug-likeness (QED) is 0.746. The molecule has 0 N–H and O–H groups in total. The molecule has 5 heteroatoms. The minimum Gasteiger partial charge on any atom is -0.316 e. The summed E-state index contributed by atoms with van der Waals surface area (Å²) in [6.07, 6.45) is 1.68. The van der Waals surface area contributed by atoms with Crippen molar-refractivity contribution in [2.24, 2.45) is 0 Å². The van der Waals surface area contributed by atoms with Crippen molar-refractivity contribution in [1.29, 1.82) is 0 Å². The Hall–Kier alpha value is -0.610. The van der Waals surface area contributed by atoms with Gasteiger partial charge in [-0.1, -0.05) is 11.6 Å². The molecule has 14 heavy (non-hydrogen) atoms. The van der Waals surface area contributed by atoms with Gasteiger partial charge in [0, 0.05) is 12.1 Å². The standard InChI is InChI=1S/C9H9BrClN3/c1-5(2)14-7-3-8(11)12-4-6(7)13-9(14)10/h3-5H,1-2H3. The molecule has 0 fully saturated rings. The van der Waals surface area contributed by atoms with E-state index in [1.54, 1.807) is 6.20 Å². The van der Waals surface area contributed by atoms with Crippen LogP contribution in [0.5, 0.6) is 0 Å². The second-order valence-electron chi connectivity index (χ2n) is 3.34. The fourth-order valence-electron chi connectivity index (χ4n) is 1.44. The van der Waals surface area contributed by atoms with E-state index in [-0.39, 0.29) is 0 Å². The van der Waals surface area contributed by atoms with E-state index in [4.69, 9.17) is 11.6 Å². The monoisotopic (exact) mass is 273 g/mol. The maximum Gasteiger partial charge on any atom is 0.178 e. The number of hydrogen-bond acceptors (Lipinski definition) is 2. The first-order valence-corrected chi connectivity index (χ1v) is 5.45. The SMILES string of the molecule is CC(C)n1c(Br)nc2cnc(Cl)cc21. The number of aromatic nitrogens is 3. The molecule has 0 aromatic carbocycles. The molecule has 2 aromatic heterocycles. The van der Waals surface area contributed by atoms with Gasteiger partial charge in [0.1, 0.15) is 10.7 Å². The molecule has 74 valence electrons. The average Bonchev–Trinajstić information content (AvgIpc) is 2.40. The summed E-state index contributed by atoms with van der Waals surface area (Å²) < 4.78 is 2.88. The van der Waals surface area contributed by atoms with Crippen LogP contribution in [0, 0.1) is 0 Å². The highest BCUT2D eigenvalue weighted by molar-refractivity contribution is 9.10. The van der Waals surface area contributed by atoms with Crippen molar-refractivity contribution in [2.75, 3.05) is 0 Å². The minimum atomic E-state index is 0.341. The third-order valence-corrected chi connectivity index (χ3v) is 2.78. The van der Waals surface area contributed by atoms with E-state index in [9.17, 15) is 0 Å². The van der Waals surface area contributed by atoms with Crippen LogP contribution in [0.15, 0.2) is 17.0 Å². The molecule has 0 bridgehead atoms. The van der Waals surface area contributed by atoms with Crippen molar-refractivity contribution in [3.8, 4) is 0 Å². The molecule has 0 spiro atoms. The Morgan fingerprint density at radius 3 is 2.86 bits per heavy atom. The van der Waals surface area contributed by atoms with Gasteiger partial charge in [0.05, 0.1) is 11.7 Å². The number of halogens is 2. The first kappa shape index (κ1) is 9.93. The molecule has 0 radical (unpaired) electrons. The van der Waals surface area contributed by atoms with Crippen molar-refractivity contribution in [3.05, 3.63) is 22.1 Å². The predicted octanol–water partition coefficient (Wildman–Crippen LogP) is 3.43. The van der Waals surface area contributed by atoms with Gasteiger partial charge < -0.3 is 4.57 Å². The van der Waals surface area contributed by atoms with Gasteiger partial charge in [-0.2, -0.15) is 0 Å². The van der Waals surface area contributed by atoms with Gasteiger partial charge in [0.15, 0.2) is 4.73 Å². The molecule has 2 heterocycles. The molecule has 0 aliphatic heterocycles. The number of fused-ring (bicyclic) bond motifs is 1. The second-order valence-corrected chi connectivity index (χ2v) is 4.44. The number of nitrogens with zero attached hydrogens (tertiary/aromatic N) is 3. The van der Waals surface area contributed by atoms with Gasteiger partial charge in [-0.3, -0.25) is 0 Å². The van der Waals surface area contributed by atoms with Gasteiger partial charge in [-0.15, -0.1) is 0 Å². The number of pyridine rings is 1. The fraction of sp³-hybridized carbons (Fsp3) is 0.333. The largest absolute Gasteiger partial charge is 0.316 e. The Bertz CT molecular complexity index is 478. The van der Waals surface area contributed by atoms with E-state index in [1.807, 2.05) is 6.07 Å². The highest BCUT2D eigenvalue weighted by atomic mass is 79.9. The molecular formula is C9H9BrClN3. The van der Waals surface area contributed by atoms with Crippen LogP contribution in [0.2, 0.25) is 5.15 Å². The van der Waals surface area contributed by atoms with Crippen LogP contribution >= 0.6 is 27.5 Å². The lowest BCUT2D eigenvalue weighted by Crippen LogP contribution is -2.00. The van der Waals surface area contributed by atoms with Gasteiger partial charge in [0.25, 0.3) is 0 Å². The highest BCUT2D eigenvalue weighted by Crippen LogP contribution is 2.25. The third kappa shape index (κ3) is 1.53. The van der Waals surface area contributed by atoms with Gasteiger partial charge in [0.2, 0.25) is 0 Å². The maximum absolute atomic E-state index is 5.84. The Morgan fingerprint density at radius 1 is 1.50 bits per heavy atom. The van der Waals surface area contributed by atoms with Gasteiger partial charge >= 0.3 is 0 Å². The van der Waals surface area contributed by atoms with Crippen molar-refractivity contribution in [2.45, 2.75) is 19.9 Å². The van der Waals surface area contributed by atoms with Crippen LogP contribution in [0.25, 0.3) is 11.0 Å². The van der Waals surface area contributed by atoms with Crippen LogP contribution in [0.1, 0.15) is 19.9 Å². The molecule has 0 atom stereocenters. The number of imidazole rings is 1. The van der Waals surface area contributed by atoms with E-state index in [2.05, 4.69) is 44.3 Å². The van der Waals surface area contributed by atoms with E-state index in [0.717, 1.165) is 15.8 Å². The molecular weight excluding hydrogens is 265 g/mol. The van der Waals surface area contributed by atoms with Crippen LogP contribution in [0.3, 0.4) is 0 Å². The molecule has 3 nitrogen and oxygen atoms in total. The summed E-state index contributed by atoms with van der Waals surface area (Å²) in [6.45, 7) is 4.19. The molecule has 0 saturated heterocycles. The number of hydrogen-bond donors (Lipinski definition) is 0. The molecule has 0 aliphatic carbocycles. The topological polar surface area (TPSA) is 30.7 Å². The molecule has 0 unspecified atom stereocenters. The zero-order chi connectivity index (χ0) is 10.3. The Labute approximate surface area is 95.2 Å². The van der Waals surface area contributed by atoms with E-state index >= 15 is 0 Å². The zero-order valence-electron chi connectivity index (χ0n) is 7.83. The molecule has 0 aliphatic rings. The van der Waals surface area contributed by atoms with Crippen LogP contribution in [-0.4, -0.2) is 14.5 Å². The van der Waals surface area contributed by atoms with Gasteiger partial charge in [-0.25, -0.2) is 9.97 Å². The summed E-state index contributed by atoms with van der Waals surface area (Å²) in [5.74, 6) is 0. The summed E-state index contributed by atoms with van der Waals surface area (Å²) in [5.41, 5.74) is 1.86. The highest BCUT2D eigenvalue weighted by Gasteiger charge is 2.11. The molecule has 2 aromatic rings. The first-order chi connectivity index (χ1) is 6.59. The van der Waals surface area contributed by atoms with E-state index in [1.165, 1.54) is 0 Å². The smallest absolute Gasteiger partial charge is 0.178 e. The van der Waals surface area contributed by atoms with Crippen LogP contribution in [-0.2, 0) is 0 Å². The van der Waals surface area contributed by atoms with E-state index in [0.29, 0.717) is 11.2 Å². The third-order valence-electron chi connectivity index (χ3n) is 2.02. The second kappa shape index (κ2) is 3.51. The van der Waals surface area contributed by atoms with Crippen LogP contribution < -0.4 is 0 Å². The molecule has 2 rings (SSSR count). The Balaban J connectivity index is 2.79. The lowest BCUT2D eigenvalue weighted by Gasteiger charge is -2.09. The predicted molar refractivity (Wildman–Crippen MR) is 60.6 cm³/mol. The summed E-state index contributed by atoms with van der Waals surface area (Å²) in [4.78, 5) is 8.32. The minimum absolute atomic E-state index is 0.341. The van der Waals surface area contributed by atoms with Crippen molar-refractivity contribution in [1.82, 2.24) is 14.5 Å². The Kier molecular flexibility index (Phi) is 2.49. The summed E-state index contributed by atoms with van der Waals surface area (Å²) in [6, 6.07) is 2.17. The molecule has 0 amide bonds. The van der Waals surface area contributed by atoms with Crippen molar-refractivity contribution < 1.29 is 0 Å². The summed E-state index contributed by atoms with van der Waals surface area (Å²) in [5, 5.41) is 0.492. The molecule has 0 saturated carbocycles. The first-order valence-electron chi connectivity index (χ1n) is 4.28. The normalized spacial score (nSPS) is 11.5. The zero-order valence-corrected chi connectivity index (χ0v) is 10.2. The lowest BCUT2D eigenvalue weighted by molar-refractivity contribution is 0.604. The summed E-state index contributed by atoms with van der Waals surface area (Å²) >= 11 is 9.25. The maximum atomic E-state index is 5.84. The van der Waals surface area contributed by atoms with Crippen molar-refractivity contribution in [3.63, 3.8) is 0 Å².